The highest BCUT2D eigenvalue weighted by Gasteiger charge is 2.16. The predicted molar refractivity (Wildman–Crippen MR) is 71.1 cm³/mol. The Bertz CT molecular complexity index is 469. The molecule has 0 fully saturated rings. The molecule has 0 bridgehead atoms. The summed E-state index contributed by atoms with van der Waals surface area (Å²) < 4.78 is 8.09. The maximum Gasteiger partial charge on any atom is 0.123 e. The van der Waals surface area contributed by atoms with Crippen LogP contribution < -0.4 is 5.32 Å². The summed E-state index contributed by atoms with van der Waals surface area (Å²) in [6.07, 6.45) is 5.27. The Morgan fingerprint density at radius 1 is 1.61 bits per heavy atom. The molecule has 2 unspecified atom stereocenters. The molecule has 18 heavy (non-hydrogen) atoms. The van der Waals surface area contributed by atoms with Gasteiger partial charge in [-0.05, 0) is 35.0 Å². The highest BCUT2D eigenvalue weighted by atomic mass is 79.9. The molecule has 2 atom stereocenters. The lowest BCUT2D eigenvalue weighted by molar-refractivity contribution is 0.212. The third-order valence-electron chi connectivity index (χ3n) is 2.62. The van der Waals surface area contributed by atoms with Gasteiger partial charge in [0.25, 0.3) is 0 Å². The largest absolute Gasteiger partial charge is 0.468 e. The van der Waals surface area contributed by atoms with E-state index in [1.807, 2.05) is 29.9 Å². The van der Waals surface area contributed by atoms with Gasteiger partial charge < -0.3 is 14.8 Å². The van der Waals surface area contributed by atoms with Crippen molar-refractivity contribution in [3.63, 3.8) is 0 Å². The number of furan rings is 1. The maximum absolute atomic E-state index is 9.36. The lowest BCUT2D eigenvalue weighted by Crippen LogP contribution is -2.35. The van der Waals surface area contributed by atoms with Gasteiger partial charge in [-0.3, -0.25) is 4.68 Å². The molecule has 0 radical (unpaired) electrons. The summed E-state index contributed by atoms with van der Waals surface area (Å²) in [5.41, 5.74) is 0. The van der Waals surface area contributed by atoms with E-state index >= 15 is 0 Å². The van der Waals surface area contributed by atoms with Crippen LogP contribution in [0.5, 0.6) is 0 Å². The molecule has 2 rings (SSSR count). The molecule has 6 heteroatoms. The van der Waals surface area contributed by atoms with Gasteiger partial charge in [0.15, 0.2) is 0 Å². The van der Waals surface area contributed by atoms with Gasteiger partial charge in [-0.15, -0.1) is 0 Å². The second-order valence-corrected chi connectivity index (χ2v) is 5.11. The van der Waals surface area contributed by atoms with Gasteiger partial charge in [0.05, 0.1) is 36.1 Å². The molecular weight excluding hydrogens is 298 g/mol. The molecule has 0 aliphatic heterocycles. The van der Waals surface area contributed by atoms with Crippen LogP contribution in [-0.2, 0) is 6.54 Å². The summed E-state index contributed by atoms with van der Waals surface area (Å²) in [6.45, 7) is 2.77. The van der Waals surface area contributed by atoms with E-state index in [0.29, 0.717) is 0 Å². The fraction of sp³-hybridized carbons (Fsp3) is 0.417. The molecule has 2 aromatic rings. The van der Waals surface area contributed by atoms with E-state index < -0.39 is 0 Å². The van der Waals surface area contributed by atoms with Crippen LogP contribution in [0, 0.1) is 0 Å². The van der Waals surface area contributed by atoms with Gasteiger partial charge >= 0.3 is 0 Å². The summed E-state index contributed by atoms with van der Waals surface area (Å²) in [6, 6.07) is 3.65. The monoisotopic (exact) mass is 313 g/mol. The first-order valence-corrected chi connectivity index (χ1v) is 6.56. The van der Waals surface area contributed by atoms with Crippen LogP contribution >= 0.6 is 15.9 Å². The SMILES string of the molecule is CC(Cn1cc(Br)cn1)NC(CO)c1ccco1. The predicted octanol–water partition coefficient (Wildman–Crippen LogP) is 1.95. The van der Waals surface area contributed by atoms with Crippen molar-refractivity contribution < 1.29 is 9.52 Å². The van der Waals surface area contributed by atoms with E-state index in [1.54, 1.807) is 12.5 Å². The maximum atomic E-state index is 9.36. The van der Waals surface area contributed by atoms with Crippen molar-refractivity contribution >= 4 is 15.9 Å². The number of aromatic nitrogens is 2. The molecule has 98 valence electrons. The number of nitrogens with one attached hydrogen (secondary N) is 1. The van der Waals surface area contributed by atoms with Crippen LogP contribution in [-0.4, -0.2) is 27.5 Å². The number of hydrogen-bond donors (Lipinski definition) is 2. The molecule has 0 aliphatic rings. The van der Waals surface area contributed by atoms with Gasteiger partial charge in [-0.25, -0.2) is 0 Å². The summed E-state index contributed by atoms with van der Waals surface area (Å²) in [5.74, 6) is 0.742. The Hall–Kier alpha value is -1.11. The number of aliphatic hydroxyl groups is 1. The summed E-state index contributed by atoms with van der Waals surface area (Å²) in [5, 5.41) is 16.9. The standard InChI is InChI=1S/C12H16BrN3O2/c1-9(6-16-7-10(13)5-14-16)15-11(8-17)12-3-2-4-18-12/h2-5,7,9,11,15,17H,6,8H2,1H3. The molecule has 2 aromatic heterocycles. The van der Waals surface area contributed by atoms with Gasteiger partial charge in [0.2, 0.25) is 0 Å². The Morgan fingerprint density at radius 3 is 3.00 bits per heavy atom. The molecule has 5 nitrogen and oxygen atoms in total. The quantitative estimate of drug-likeness (QED) is 0.855. The molecule has 0 aromatic carbocycles. The van der Waals surface area contributed by atoms with Crippen molar-refractivity contribution in [1.82, 2.24) is 15.1 Å². The fourth-order valence-electron chi connectivity index (χ4n) is 1.83. The van der Waals surface area contributed by atoms with Crippen LogP contribution in [0.4, 0.5) is 0 Å². The van der Waals surface area contributed by atoms with Crippen molar-refractivity contribution in [2.24, 2.45) is 0 Å². The summed E-state index contributed by atoms with van der Waals surface area (Å²) in [4.78, 5) is 0. The average molecular weight is 314 g/mol. The molecule has 0 amide bonds. The van der Waals surface area contributed by atoms with E-state index in [-0.39, 0.29) is 18.7 Å². The van der Waals surface area contributed by atoms with Crippen LogP contribution in [0.15, 0.2) is 39.7 Å². The van der Waals surface area contributed by atoms with Crippen molar-refractivity contribution in [3.8, 4) is 0 Å². The van der Waals surface area contributed by atoms with Crippen LogP contribution in [0.2, 0.25) is 0 Å². The number of nitrogens with zero attached hydrogens (tertiary/aromatic N) is 2. The van der Waals surface area contributed by atoms with E-state index in [9.17, 15) is 5.11 Å². The zero-order chi connectivity index (χ0) is 13.0. The first-order chi connectivity index (χ1) is 8.69. The lowest BCUT2D eigenvalue weighted by Gasteiger charge is -2.20. The molecule has 2 heterocycles. The van der Waals surface area contributed by atoms with Crippen molar-refractivity contribution in [3.05, 3.63) is 41.0 Å². The van der Waals surface area contributed by atoms with Crippen LogP contribution in [0.25, 0.3) is 0 Å². The van der Waals surface area contributed by atoms with E-state index in [4.69, 9.17) is 4.42 Å². The van der Waals surface area contributed by atoms with Crippen LogP contribution in [0.3, 0.4) is 0 Å². The van der Waals surface area contributed by atoms with E-state index in [1.165, 1.54) is 0 Å². The lowest BCUT2D eigenvalue weighted by atomic mass is 10.2. The molecule has 2 N–H and O–H groups in total. The molecular formula is C12H16BrN3O2. The minimum Gasteiger partial charge on any atom is -0.468 e. The number of rotatable bonds is 6. The molecule has 0 saturated heterocycles. The third kappa shape index (κ3) is 3.44. The van der Waals surface area contributed by atoms with E-state index in [2.05, 4.69) is 26.3 Å². The summed E-state index contributed by atoms with van der Waals surface area (Å²) in [7, 11) is 0. The Labute approximate surface area is 114 Å². The highest BCUT2D eigenvalue weighted by molar-refractivity contribution is 9.10. The first-order valence-electron chi connectivity index (χ1n) is 5.77. The molecule has 0 saturated carbocycles. The summed E-state index contributed by atoms with van der Waals surface area (Å²) >= 11 is 3.36. The molecule has 0 aliphatic carbocycles. The fourth-order valence-corrected chi connectivity index (χ4v) is 2.16. The van der Waals surface area contributed by atoms with Crippen LogP contribution in [0.1, 0.15) is 18.7 Å². The number of hydrogen-bond acceptors (Lipinski definition) is 4. The number of halogens is 1. The minimum absolute atomic E-state index is 0.000650. The van der Waals surface area contributed by atoms with Crippen molar-refractivity contribution in [1.29, 1.82) is 0 Å². The highest BCUT2D eigenvalue weighted by Crippen LogP contribution is 2.14. The smallest absolute Gasteiger partial charge is 0.123 e. The minimum atomic E-state index is -0.186. The normalized spacial score (nSPS) is 14.6. The van der Waals surface area contributed by atoms with E-state index in [0.717, 1.165) is 16.8 Å². The van der Waals surface area contributed by atoms with Gasteiger partial charge in [0, 0.05) is 12.2 Å². The second kappa shape index (κ2) is 6.17. The topological polar surface area (TPSA) is 63.2 Å². The Kier molecular flexibility index (Phi) is 4.57. The van der Waals surface area contributed by atoms with Crippen molar-refractivity contribution in [2.75, 3.05) is 6.61 Å². The van der Waals surface area contributed by atoms with Gasteiger partial charge in [0.1, 0.15) is 5.76 Å². The zero-order valence-electron chi connectivity index (χ0n) is 10.1. The Morgan fingerprint density at radius 2 is 2.44 bits per heavy atom. The van der Waals surface area contributed by atoms with Crippen molar-refractivity contribution in [2.45, 2.75) is 25.6 Å². The Balaban J connectivity index is 1.91. The number of aliphatic hydroxyl groups excluding tert-OH is 1. The average Bonchev–Trinajstić information content (AvgIpc) is 2.98. The first kappa shape index (κ1) is 13.3. The zero-order valence-corrected chi connectivity index (χ0v) is 11.7. The third-order valence-corrected chi connectivity index (χ3v) is 3.03. The molecule has 0 spiro atoms. The van der Waals surface area contributed by atoms with Gasteiger partial charge in [-0.1, -0.05) is 0 Å². The second-order valence-electron chi connectivity index (χ2n) is 4.20. The van der Waals surface area contributed by atoms with Gasteiger partial charge in [-0.2, -0.15) is 5.10 Å².